The Hall–Kier alpha value is -2.28. The molecule has 2 unspecified atom stereocenters. The quantitative estimate of drug-likeness (QED) is 0.741. The normalized spacial score (nSPS) is 17.7. The van der Waals surface area contributed by atoms with Gasteiger partial charge in [0.25, 0.3) is 0 Å². The third-order valence-electron chi connectivity index (χ3n) is 4.15. The number of carboxylic acids is 1. The molecular weight excluding hydrogens is 334 g/mol. The van der Waals surface area contributed by atoms with Crippen LogP contribution in [0.1, 0.15) is 30.0 Å². The lowest BCUT2D eigenvalue weighted by Gasteiger charge is -2.23. The summed E-state index contributed by atoms with van der Waals surface area (Å²) < 4.78 is 0. The van der Waals surface area contributed by atoms with Gasteiger partial charge in [0.15, 0.2) is 0 Å². The molecule has 24 heavy (non-hydrogen) atoms. The van der Waals surface area contributed by atoms with E-state index in [1.807, 2.05) is 31.2 Å². The predicted molar refractivity (Wildman–Crippen MR) is 90.8 cm³/mol. The first-order valence-corrected chi connectivity index (χ1v) is 7.50. The van der Waals surface area contributed by atoms with Crippen LogP contribution in [0.3, 0.4) is 0 Å². The van der Waals surface area contributed by atoms with E-state index in [4.69, 9.17) is 10.8 Å². The number of nitrogens with two attached hydrogens (primary N) is 1. The molecule has 0 radical (unpaired) electrons. The highest BCUT2D eigenvalue weighted by atomic mass is 35.5. The molecule has 1 aromatic rings. The van der Waals surface area contributed by atoms with Crippen LogP contribution in [-0.4, -0.2) is 41.0 Å². The maximum Gasteiger partial charge on any atom is 0.312 e. The van der Waals surface area contributed by atoms with Gasteiger partial charge in [-0.1, -0.05) is 24.3 Å². The minimum atomic E-state index is -0.883. The Morgan fingerprint density at radius 3 is 2.58 bits per heavy atom. The standard InChI is InChI=1S/C16H21N3O4.ClH/c1-10-4-2-3-5-12(10)13(18-16(17)23)8-14(20)19-7-6-11(9-19)15(21)22;/h2-5,11,13H,6-9H2,1H3,(H,21,22)(H3,17,18,23);1H. The Kier molecular flexibility index (Phi) is 7.03. The molecule has 0 saturated carbocycles. The summed E-state index contributed by atoms with van der Waals surface area (Å²) in [4.78, 5) is 36.2. The number of carbonyl (C=O) groups is 3. The number of rotatable bonds is 5. The summed E-state index contributed by atoms with van der Waals surface area (Å²) in [5.41, 5.74) is 6.99. The van der Waals surface area contributed by atoms with E-state index in [-0.39, 0.29) is 31.3 Å². The minimum absolute atomic E-state index is 0. The number of benzene rings is 1. The average molecular weight is 356 g/mol. The lowest BCUT2D eigenvalue weighted by Crippen LogP contribution is -2.38. The van der Waals surface area contributed by atoms with Crippen LogP contribution >= 0.6 is 12.4 Å². The molecule has 1 aliphatic rings. The fraction of sp³-hybridized carbons (Fsp3) is 0.438. The molecule has 1 aliphatic heterocycles. The topological polar surface area (TPSA) is 113 Å². The summed E-state index contributed by atoms with van der Waals surface area (Å²) in [7, 11) is 0. The molecule has 8 heteroatoms. The van der Waals surface area contributed by atoms with E-state index in [0.29, 0.717) is 13.0 Å². The van der Waals surface area contributed by atoms with Gasteiger partial charge in [-0.25, -0.2) is 4.79 Å². The third kappa shape index (κ3) is 4.86. The van der Waals surface area contributed by atoms with E-state index in [2.05, 4.69) is 5.32 Å². The van der Waals surface area contributed by atoms with Gasteiger partial charge < -0.3 is 21.1 Å². The second-order valence-corrected chi connectivity index (χ2v) is 5.79. The van der Waals surface area contributed by atoms with E-state index in [0.717, 1.165) is 11.1 Å². The van der Waals surface area contributed by atoms with Crippen LogP contribution in [0.25, 0.3) is 0 Å². The van der Waals surface area contributed by atoms with Gasteiger partial charge in [0.2, 0.25) is 5.91 Å². The predicted octanol–water partition coefficient (Wildman–Crippen LogP) is 1.45. The highest BCUT2D eigenvalue weighted by molar-refractivity contribution is 5.85. The number of amides is 3. The maximum atomic E-state index is 12.4. The number of nitrogens with zero attached hydrogens (tertiary/aromatic N) is 1. The van der Waals surface area contributed by atoms with Gasteiger partial charge in [0, 0.05) is 13.1 Å². The number of hydrogen-bond donors (Lipinski definition) is 3. The van der Waals surface area contributed by atoms with Crippen molar-refractivity contribution in [2.75, 3.05) is 13.1 Å². The zero-order valence-electron chi connectivity index (χ0n) is 13.4. The summed E-state index contributed by atoms with van der Waals surface area (Å²) in [5.74, 6) is -1.58. The average Bonchev–Trinajstić information content (AvgIpc) is 2.96. The Labute approximate surface area is 146 Å². The molecule has 1 heterocycles. The van der Waals surface area contributed by atoms with Gasteiger partial charge >= 0.3 is 12.0 Å². The lowest BCUT2D eigenvalue weighted by atomic mass is 9.98. The van der Waals surface area contributed by atoms with Crippen molar-refractivity contribution in [3.05, 3.63) is 35.4 Å². The second kappa shape index (κ2) is 8.54. The fourth-order valence-corrected chi connectivity index (χ4v) is 2.88. The van der Waals surface area contributed by atoms with Crippen LogP contribution in [0, 0.1) is 12.8 Å². The Balaban J connectivity index is 0.00000288. The molecule has 1 saturated heterocycles. The number of halogens is 1. The summed E-state index contributed by atoms with van der Waals surface area (Å²) >= 11 is 0. The zero-order valence-corrected chi connectivity index (χ0v) is 14.2. The van der Waals surface area contributed by atoms with Gasteiger partial charge in [-0.3, -0.25) is 9.59 Å². The van der Waals surface area contributed by atoms with E-state index in [1.165, 1.54) is 4.90 Å². The first-order valence-electron chi connectivity index (χ1n) is 7.50. The molecule has 1 fully saturated rings. The van der Waals surface area contributed by atoms with E-state index in [9.17, 15) is 14.4 Å². The molecular formula is C16H22ClN3O4. The number of aryl methyl sites for hydroxylation is 1. The molecule has 3 amide bonds. The molecule has 2 rings (SSSR count). The Morgan fingerprint density at radius 2 is 2.04 bits per heavy atom. The number of aliphatic carboxylic acids is 1. The number of nitrogens with one attached hydrogen (secondary N) is 1. The zero-order chi connectivity index (χ0) is 17.0. The number of hydrogen-bond acceptors (Lipinski definition) is 3. The molecule has 0 aromatic heterocycles. The molecule has 132 valence electrons. The highest BCUT2D eigenvalue weighted by Crippen LogP contribution is 2.24. The van der Waals surface area contributed by atoms with Crippen LogP contribution in [0.15, 0.2) is 24.3 Å². The number of primary amides is 1. The van der Waals surface area contributed by atoms with Gasteiger partial charge in [-0.05, 0) is 24.5 Å². The van der Waals surface area contributed by atoms with E-state index >= 15 is 0 Å². The maximum absolute atomic E-state index is 12.4. The van der Waals surface area contributed by atoms with Gasteiger partial charge in [-0.2, -0.15) is 0 Å². The Morgan fingerprint density at radius 1 is 1.38 bits per heavy atom. The number of carbonyl (C=O) groups excluding carboxylic acids is 2. The Bertz CT molecular complexity index is 623. The summed E-state index contributed by atoms with van der Waals surface area (Å²) in [5, 5.41) is 11.6. The fourth-order valence-electron chi connectivity index (χ4n) is 2.88. The molecule has 0 spiro atoms. The van der Waals surface area contributed by atoms with Crippen molar-refractivity contribution in [3.63, 3.8) is 0 Å². The van der Waals surface area contributed by atoms with Gasteiger partial charge in [0.1, 0.15) is 0 Å². The van der Waals surface area contributed by atoms with Crippen LogP contribution in [0.5, 0.6) is 0 Å². The summed E-state index contributed by atoms with van der Waals surface area (Å²) in [6, 6.07) is 6.22. The monoisotopic (exact) mass is 355 g/mol. The third-order valence-corrected chi connectivity index (χ3v) is 4.15. The van der Waals surface area contributed by atoms with Crippen LogP contribution in [-0.2, 0) is 9.59 Å². The van der Waals surface area contributed by atoms with Crippen molar-refractivity contribution in [1.82, 2.24) is 10.2 Å². The van der Waals surface area contributed by atoms with Crippen molar-refractivity contribution < 1.29 is 19.5 Å². The lowest BCUT2D eigenvalue weighted by molar-refractivity contribution is -0.141. The molecule has 0 bridgehead atoms. The van der Waals surface area contributed by atoms with Gasteiger partial charge in [-0.15, -0.1) is 12.4 Å². The molecule has 0 aliphatic carbocycles. The van der Waals surface area contributed by atoms with Crippen molar-refractivity contribution in [2.24, 2.45) is 11.7 Å². The van der Waals surface area contributed by atoms with Crippen molar-refractivity contribution in [3.8, 4) is 0 Å². The van der Waals surface area contributed by atoms with Crippen molar-refractivity contribution in [1.29, 1.82) is 0 Å². The SMILES string of the molecule is Cc1ccccc1C(CC(=O)N1CCC(C(=O)O)C1)NC(N)=O.Cl. The van der Waals surface area contributed by atoms with Crippen LogP contribution < -0.4 is 11.1 Å². The van der Waals surface area contributed by atoms with E-state index in [1.54, 1.807) is 0 Å². The molecule has 4 N–H and O–H groups in total. The smallest absolute Gasteiger partial charge is 0.312 e. The van der Waals surface area contributed by atoms with Crippen molar-refractivity contribution in [2.45, 2.75) is 25.8 Å². The van der Waals surface area contributed by atoms with Crippen LogP contribution in [0.4, 0.5) is 4.79 Å². The largest absolute Gasteiger partial charge is 0.481 e. The summed E-state index contributed by atoms with van der Waals surface area (Å²) in [6.07, 6.45) is 0.513. The first kappa shape index (κ1) is 19.8. The molecule has 7 nitrogen and oxygen atoms in total. The first-order chi connectivity index (χ1) is 10.9. The second-order valence-electron chi connectivity index (χ2n) is 5.79. The molecule has 2 atom stereocenters. The minimum Gasteiger partial charge on any atom is -0.481 e. The number of carboxylic acid groups (broad SMARTS) is 1. The number of likely N-dealkylation sites (tertiary alicyclic amines) is 1. The highest BCUT2D eigenvalue weighted by Gasteiger charge is 2.32. The van der Waals surface area contributed by atoms with Gasteiger partial charge in [0.05, 0.1) is 18.4 Å². The number of urea groups is 1. The van der Waals surface area contributed by atoms with Crippen LogP contribution in [0.2, 0.25) is 0 Å². The molecule has 1 aromatic carbocycles. The van der Waals surface area contributed by atoms with Crippen molar-refractivity contribution >= 4 is 30.3 Å². The van der Waals surface area contributed by atoms with E-state index < -0.39 is 24.0 Å². The summed E-state index contributed by atoms with van der Waals surface area (Å²) in [6.45, 7) is 2.53.